The monoisotopic (exact) mass is 260 g/mol. The molecule has 1 saturated carbocycles. The van der Waals surface area contributed by atoms with Crippen molar-refractivity contribution in [3.8, 4) is 0 Å². The Morgan fingerprint density at radius 1 is 1.68 bits per heavy atom. The molecule has 2 atom stereocenters. The van der Waals surface area contributed by atoms with Crippen molar-refractivity contribution in [3.05, 3.63) is 29.6 Å². The number of fused-ring (bicyclic) bond motifs is 1. The SMILES string of the molecule is Cc1ncccc1CNC(=O)N1C[C@@H]2CC[C@]2(N)C1. The third-order valence-electron chi connectivity index (χ3n) is 4.53. The van der Waals surface area contributed by atoms with E-state index in [4.69, 9.17) is 5.73 Å². The number of amides is 2. The molecule has 2 heterocycles. The molecule has 2 fully saturated rings. The van der Waals surface area contributed by atoms with Crippen molar-refractivity contribution in [2.75, 3.05) is 13.1 Å². The lowest BCUT2D eigenvalue weighted by atomic mass is 9.70. The molecule has 1 saturated heterocycles. The van der Waals surface area contributed by atoms with Crippen LogP contribution in [0.3, 0.4) is 0 Å². The molecular formula is C14H20N4O. The zero-order valence-electron chi connectivity index (χ0n) is 11.2. The Labute approximate surface area is 113 Å². The first-order valence-electron chi connectivity index (χ1n) is 6.81. The molecule has 0 spiro atoms. The summed E-state index contributed by atoms with van der Waals surface area (Å²) < 4.78 is 0. The maximum Gasteiger partial charge on any atom is 0.317 e. The Bertz CT molecular complexity index is 504. The summed E-state index contributed by atoms with van der Waals surface area (Å²) in [5, 5.41) is 2.96. The molecule has 1 aliphatic carbocycles. The highest BCUT2D eigenvalue weighted by Crippen LogP contribution is 2.42. The summed E-state index contributed by atoms with van der Waals surface area (Å²) >= 11 is 0. The lowest BCUT2D eigenvalue weighted by Gasteiger charge is -2.39. The fraction of sp³-hybridized carbons (Fsp3) is 0.571. The van der Waals surface area contributed by atoms with Gasteiger partial charge in [-0.25, -0.2) is 4.79 Å². The van der Waals surface area contributed by atoms with Crippen LogP contribution in [0.2, 0.25) is 0 Å². The second-order valence-electron chi connectivity index (χ2n) is 5.76. The highest BCUT2D eigenvalue weighted by atomic mass is 16.2. The van der Waals surface area contributed by atoms with E-state index in [9.17, 15) is 4.79 Å². The minimum atomic E-state index is -0.110. The smallest absolute Gasteiger partial charge is 0.317 e. The number of nitrogens with zero attached hydrogens (tertiary/aromatic N) is 2. The third-order valence-corrected chi connectivity index (χ3v) is 4.53. The van der Waals surface area contributed by atoms with Crippen LogP contribution in [0.1, 0.15) is 24.1 Å². The Morgan fingerprint density at radius 3 is 3.11 bits per heavy atom. The number of likely N-dealkylation sites (tertiary alicyclic amines) is 1. The number of nitrogens with one attached hydrogen (secondary N) is 1. The highest BCUT2D eigenvalue weighted by Gasteiger charge is 2.51. The largest absolute Gasteiger partial charge is 0.334 e. The molecule has 3 rings (SSSR count). The van der Waals surface area contributed by atoms with Gasteiger partial charge in [0.15, 0.2) is 0 Å². The van der Waals surface area contributed by atoms with Crippen molar-refractivity contribution in [1.29, 1.82) is 0 Å². The van der Waals surface area contributed by atoms with Gasteiger partial charge in [-0.2, -0.15) is 0 Å². The van der Waals surface area contributed by atoms with Crippen LogP contribution in [0.15, 0.2) is 18.3 Å². The van der Waals surface area contributed by atoms with Gasteiger partial charge in [0.05, 0.1) is 0 Å². The maximum absolute atomic E-state index is 12.1. The van der Waals surface area contributed by atoms with E-state index in [1.807, 2.05) is 24.0 Å². The zero-order valence-corrected chi connectivity index (χ0v) is 11.2. The number of aromatic nitrogens is 1. The van der Waals surface area contributed by atoms with Crippen LogP contribution in [-0.2, 0) is 6.54 Å². The molecule has 1 aromatic rings. The molecule has 102 valence electrons. The summed E-state index contributed by atoms with van der Waals surface area (Å²) in [5.41, 5.74) is 8.14. The van der Waals surface area contributed by atoms with Crippen LogP contribution in [-0.4, -0.2) is 34.5 Å². The Kier molecular flexibility index (Phi) is 2.93. The van der Waals surface area contributed by atoms with Gasteiger partial charge in [0, 0.05) is 37.1 Å². The molecule has 5 nitrogen and oxygen atoms in total. The van der Waals surface area contributed by atoms with E-state index in [1.165, 1.54) is 0 Å². The molecular weight excluding hydrogens is 240 g/mol. The second-order valence-corrected chi connectivity index (χ2v) is 5.76. The molecule has 2 aliphatic rings. The summed E-state index contributed by atoms with van der Waals surface area (Å²) in [7, 11) is 0. The van der Waals surface area contributed by atoms with E-state index in [2.05, 4.69) is 10.3 Å². The third kappa shape index (κ3) is 2.18. The van der Waals surface area contributed by atoms with E-state index in [1.54, 1.807) is 6.20 Å². The van der Waals surface area contributed by atoms with Gasteiger partial charge in [0.2, 0.25) is 0 Å². The van der Waals surface area contributed by atoms with E-state index in [-0.39, 0.29) is 11.6 Å². The fourth-order valence-corrected chi connectivity index (χ4v) is 3.03. The van der Waals surface area contributed by atoms with Crippen LogP contribution in [0.4, 0.5) is 4.79 Å². The van der Waals surface area contributed by atoms with E-state index in [0.29, 0.717) is 19.0 Å². The standard InChI is InChI=1S/C14H20N4O/c1-10-11(3-2-6-16-10)7-17-13(19)18-8-12-4-5-14(12,15)9-18/h2-3,6,12H,4-5,7-9,15H2,1H3,(H,17,19)/t12-,14-/m0/s1. The van der Waals surface area contributed by atoms with Gasteiger partial charge in [-0.1, -0.05) is 6.07 Å². The predicted molar refractivity (Wildman–Crippen MR) is 72.4 cm³/mol. The van der Waals surface area contributed by atoms with Gasteiger partial charge < -0.3 is 16.0 Å². The number of hydrogen-bond donors (Lipinski definition) is 2. The molecule has 3 N–H and O–H groups in total. The van der Waals surface area contributed by atoms with Crippen molar-refractivity contribution in [1.82, 2.24) is 15.2 Å². The van der Waals surface area contributed by atoms with Crippen LogP contribution in [0.5, 0.6) is 0 Å². The van der Waals surface area contributed by atoms with Gasteiger partial charge in [-0.05, 0) is 37.3 Å². The Balaban J connectivity index is 1.56. The van der Waals surface area contributed by atoms with Gasteiger partial charge >= 0.3 is 6.03 Å². The molecule has 1 aliphatic heterocycles. The number of pyridine rings is 1. The number of urea groups is 1. The van der Waals surface area contributed by atoms with Crippen molar-refractivity contribution in [2.45, 2.75) is 31.8 Å². The molecule has 0 bridgehead atoms. The number of rotatable bonds is 2. The van der Waals surface area contributed by atoms with Crippen LogP contribution < -0.4 is 11.1 Å². The molecule has 0 aromatic carbocycles. The van der Waals surface area contributed by atoms with Gasteiger partial charge in [0.25, 0.3) is 0 Å². The van der Waals surface area contributed by atoms with E-state index in [0.717, 1.165) is 30.6 Å². The first-order chi connectivity index (χ1) is 9.08. The molecule has 5 heteroatoms. The number of aryl methyl sites for hydroxylation is 1. The quantitative estimate of drug-likeness (QED) is 0.834. The highest BCUT2D eigenvalue weighted by molar-refractivity contribution is 5.75. The minimum absolute atomic E-state index is 0.0116. The number of carbonyl (C=O) groups excluding carboxylic acids is 1. The predicted octanol–water partition coefficient (Wildman–Crippen LogP) is 1.02. The number of hydrogen-bond acceptors (Lipinski definition) is 3. The lowest BCUT2D eigenvalue weighted by molar-refractivity contribution is 0.187. The van der Waals surface area contributed by atoms with Gasteiger partial charge in [-0.15, -0.1) is 0 Å². The summed E-state index contributed by atoms with van der Waals surface area (Å²) in [6.07, 6.45) is 3.96. The summed E-state index contributed by atoms with van der Waals surface area (Å²) in [6, 6.07) is 3.86. The zero-order chi connectivity index (χ0) is 13.5. The molecule has 2 amide bonds. The molecule has 0 radical (unpaired) electrons. The first-order valence-corrected chi connectivity index (χ1v) is 6.81. The fourth-order valence-electron chi connectivity index (χ4n) is 3.03. The number of nitrogens with two attached hydrogens (primary N) is 1. The summed E-state index contributed by atoms with van der Waals surface area (Å²) in [4.78, 5) is 18.2. The van der Waals surface area contributed by atoms with Crippen molar-refractivity contribution in [2.24, 2.45) is 11.7 Å². The maximum atomic E-state index is 12.1. The van der Waals surface area contributed by atoms with Crippen LogP contribution >= 0.6 is 0 Å². The first kappa shape index (κ1) is 12.4. The van der Waals surface area contributed by atoms with Crippen LogP contribution in [0.25, 0.3) is 0 Å². The minimum Gasteiger partial charge on any atom is -0.334 e. The van der Waals surface area contributed by atoms with Crippen molar-refractivity contribution >= 4 is 6.03 Å². The van der Waals surface area contributed by atoms with Crippen molar-refractivity contribution in [3.63, 3.8) is 0 Å². The Morgan fingerprint density at radius 2 is 2.53 bits per heavy atom. The average Bonchev–Trinajstić information content (AvgIpc) is 2.62. The number of carbonyl (C=O) groups is 1. The van der Waals surface area contributed by atoms with Crippen LogP contribution in [0, 0.1) is 12.8 Å². The molecule has 1 aromatic heterocycles. The van der Waals surface area contributed by atoms with E-state index >= 15 is 0 Å². The average molecular weight is 260 g/mol. The normalized spacial score (nSPS) is 28.7. The topological polar surface area (TPSA) is 71.2 Å². The molecule has 0 unspecified atom stereocenters. The summed E-state index contributed by atoms with van der Waals surface area (Å²) in [5.74, 6) is 0.498. The molecule has 19 heavy (non-hydrogen) atoms. The Hall–Kier alpha value is -1.62. The van der Waals surface area contributed by atoms with Crippen molar-refractivity contribution < 1.29 is 4.79 Å². The summed E-state index contributed by atoms with van der Waals surface area (Å²) in [6.45, 7) is 3.97. The second kappa shape index (κ2) is 4.49. The van der Waals surface area contributed by atoms with E-state index < -0.39 is 0 Å². The van der Waals surface area contributed by atoms with Gasteiger partial charge in [0.1, 0.15) is 0 Å². The van der Waals surface area contributed by atoms with Gasteiger partial charge in [-0.3, -0.25) is 4.98 Å². The lowest BCUT2D eigenvalue weighted by Crippen LogP contribution is -2.55.